The number of aromatic nitrogens is 2. The van der Waals surface area contributed by atoms with Crippen LogP contribution >= 0.6 is 34.3 Å². The summed E-state index contributed by atoms with van der Waals surface area (Å²) >= 11 is 9.11. The number of halogens is 1. The first-order valence-corrected chi connectivity index (χ1v) is 11.6. The van der Waals surface area contributed by atoms with Crippen molar-refractivity contribution in [2.24, 2.45) is 0 Å². The van der Waals surface area contributed by atoms with E-state index in [1.807, 2.05) is 30.3 Å². The summed E-state index contributed by atoms with van der Waals surface area (Å²) in [7, 11) is 0. The molecule has 1 unspecified atom stereocenters. The molecule has 0 saturated carbocycles. The number of aliphatic hydroxyl groups is 1. The largest absolute Gasteiger partial charge is 0.492 e. The predicted molar refractivity (Wildman–Crippen MR) is 123 cm³/mol. The van der Waals surface area contributed by atoms with Crippen molar-refractivity contribution < 1.29 is 9.84 Å². The van der Waals surface area contributed by atoms with Crippen molar-refractivity contribution in [3.05, 3.63) is 76.2 Å². The first-order valence-electron chi connectivity index (χ1n) is 9.42. The number of thiophene rings is 1. The quantitative estimate of drug-likeness (QED) is 0.264. The number of nitrogens with one attached hydrogen (secondary N) is 1. The molecule has 2 N–H and O–H groups in total. The van der Waals surface area contributed by atoms with Gasteiger partial charge in [0.2, 0.25) is 0 Å². The minimum atomic E-state index is -0.633. The van der Waals surface area contributed by atoms with Crippen LogP contribution in [0.4, 0.5) is 0 Å². The molecule has 3 heterocycles. The molecule has 0 radical (unpaired) electrons. The van der Waals surface area contributed by atoms with Crippen LogP contribution in [-0.4, -0.2) is 34.8 Å². The molecule has 4 rings (SSSR count). The highest BCUT2D eigenvalue weighted by Gasteiger charge is 2.09. The van der Waals surface area contributed by atoms with Gasteiger partial charge in [-0.1, -0.05) is 23.7 Å². The van der Waals surface area contributed by atoms with E-state index in [1.54, 1.807) is 41.0 Å². The summed E-state index contributed by atoms with van der Waals surface area (Å²) < 4.78 is 5.77. The molecular weight excluding hydrogens is 438 g/mol. The Hall–Kier alpha value is -2.29. The number of hydrogen-bond acceptors (Lipinski definition) is 7. The summed E-state index contributed by atoms with van der Waals surface area (Å²) in [5.41, 5.74) is 2.77. The third-order valence-corrected chi connectivity index (χ3v) is 6.51. The van der Waals surface area contributed by atoms with Gasteiger partial charge in [-0.05, 0) is 41.8 Å². The molecule has 1 aromatic carbocycles. The molecule has 0 bridgehead atoms. The van der Waals surface area contributed by atoms with Crippen molar-refractivity contribution in [1.82, 2.24) is 15.3 Å². The molecule has 3 aromatic heterocycles. The van der Waals surface area contributed by atoms with E-state index >= 15 is 0 Å². The molecule has 0 spiro atoms. The topological polar surface area (TPSA) is 67.3 Å². The summed E-state index contributed by atoms with van der Waals surface area (Å²) in [6.07, 6.45) is 0.949. The highest BCUT2D eigenvalue weighted by Crippen LogP contribution is 2.32. The second-order valence-electron chi connectivity index (χ2n) is 6.52. The van der Waals surface area contributed by atoms with Gasteiger partial charge < -0.3 is 15.2 Å². The van der Waals surface area contributed by atoms with Gasteiger partial charge >= 0.3 is 0 Å². The molecule has 154 valence electrons. The molecule has 0 aliphatic heterocycles. The third kappa shape index (κ3) is 5.44. The molecule has 8 heteroatoms. The van der Waals surface area contributed by atoms with Crippen LogP contribution in [0.1, 0.15) is 11.7 Å². The average molecular weight is 458 g/mol. The number of benzene rings is 1. The molecule has 0 aliphatic rings. The number of nitrogens with zero attached hydrogens (tertiary/aromatic N) is 2. The summed E-state index contributed by atoms with van der Waals surface area (Å²) in [6.45, 7) is 1.54. The van der Waals surface area contributed by atoms with Crippen LogP contribution in [0.3, 0.4) is 0 Å². The number of thiazole rings is 1. The van der Waals surface area contributed by atoms with E-state index in [-0.39, 0.29) is 0 Å². The maximum Gasteiger partial charge on any atom is 0.134 e. The van der Waals surface area contributed by atoms with E-state index in [4.69, 9.17) is 21.3 Å². The summed E-state index contributed by atoms with van der Waals surface area (Å²) in [5, 5.41) is 18.9. The normalized spacial score (nSPS) is 12.1. The number of pyridine rings is 1. The highest BCUT2D eigenvalue weighted by atomic mass is 35.5. The Bertz CT molecular complexity index is 1050. The van der Waals surface area contributed by atoms with E-state index in [0.717, 1.165) is 27.6 Å². The van der Waals surface area contributed by atoms with Crippen LogP contribution in [0.2, 0.25) is 5.15 Å². The molecule has 30 heavy (non-hydrogen) atoms. The van der Waals surface area contributed by atoms with Gasteiger partial charge in [0.15, 0.2) is 0 Å². The van der Waals surface area contributed by atoms with Crippen LogP contribution in [0.15, 0.2) is 65.5 Å². The lowest BCUT2D eigenvalue weighted by atomic mass is 10.1. The van der Waals surface area contributed by atoms with Gasteiger partial charge in [-0.15, -0.1) is 22.7 Å². The zero-order valence-electron chi connectivity index (χ0n) is 16.0. The van der Waals surface area contributed by atoms with Crippen molar-refractivity contribution in [3.63, 3.8) is 0 Å². The molecule has 0 fully saturated rings. The van der Waals surface area contributed by atoms with E-state index < -0.39 is 6.10 Å². The molecule has 0 aliphatic carbocycles. The Kier molecular flexibility index (Phi) is 7.09. The summed E-state index contributed by atoms with van der Waals surface area (Å²) in [5.74, 6) is 0.803. The van der Waals surface area contributed by atoms with Gasteiger partial charge in [0.25, 0.3) is 0 Å². The Balaban J connectivity index is 1.22. The van der Waals surface area contributed by atoms with E-state index in [0.29, 0.717) is 24.8 Å². The van der Waals surface area contributed by atoms with E-state index in [1.165, 1.54) is 4.88 Å². The zero-order chi connectivity index (χ0) is 20.8. The van der Waals surface area contributed by atoms with Crippen LogP contribution in [0.25, 0.3) is 21.1 Å². The first kappa shape index (κ1) is 21.0. The standard InChI is InChI=1S/C22H20ClN3O2S2/c23-21-8-5-16(12-25-21)19(27)13-24-9-10-28-17-6-3-15(4-7-17)18-14-30-22(26-18)20-2-1-11-29-20/h1-8,11-12,14,19,24,27H,9-10,13H2. The van der Waals surface area contributed by atoms with Gasteiger partial charge in [-0.2, -0.15) is 0 Å². The summed E-state index contributed by atoms with van der Waals surface area (Å²) in [6, 6.07) is 15.5. The number of ether oxygens (including phenoxy) is 1. The fourth-order valence-corrected chi connectivity index (χ4v) is 4.58. The zero-order valence-corrected chi connectivity index (χ0v) is 18.4. The lowest BCUT2D eigenvalue weighted by molar-refractivity contribution is 0.171. The maximum absolute atomic E-state index is 10.1. The SMILES string of the molecule is OC(CNCCOc1ccc(-c2csc(-c3cccs3)n2)cc1)c1ccc(Cl)nc1. The van der Waals surface area contributed by atoms with Gasteiger partial charge in [0, 0.05) is 35.8 Å². The van der Waals surface area contributed by atoms with Crippen LogP contribution in [-0.2, 0) is 0 Å². The van der Waals surface area contributed by atoms with Gasteiger partial charge in [0.05, 0.1) is 16.7 Å². The van der Waals surface area contributed by atoms with Crippen LogP contribution in [0, 0.1) is 0 Å². The highest BCUT2D eigenvalue weighted by molar-refractivity contribution is 7.20. The minimum absolute atomic E-state index is 0.413. The van der Waals surface area contributed by atoms with E-state index in [9.17, 15) is 5.11 Å². The summed E-state index contributed by atoms with van der Waals surface area (Å²) in [4.78, 5) is 9.90. The molecule has 1 atom stereocenters. The Labute approximate surface area is 188 Å². The van der Waals surface area contributed by atoms with Crippen LogP contribution in [0.5, 0.6) is 5.75 Å². The fourth-order valence-electron chi connectivity index (χ4n) is 2.82. The Morgan fingerprint density at radius 2 is 1.97 bits per heavy atom. The average Bonchev–Trinajstić information content (AvgIpc) is 3.46. The van der Waals surface area contributed by atoms with Gasteiger partial charge in [0.1, 0.15) is 22.5 Å². The van der Waals surface area contributed by atoms with Crippen molar-refractivity contribution >= 4 is 34.3 Å². The molecule has 4 aromatic rings. The third-order valence-electron chi connectivity index (χ3n) is 4.41. The smallest absolute Gasteiger partial charge is 0.134 e. The van der Waals surface area contributed by atoms with E-state index in [2.05, 4.69) is 27.1 Å². The van der Waals surface area contributed by atoms with Crippen molar-refractivity contribution in [2.75, 3.05) is 19.7 Å². The number of rotatable bonds is 9. The lowest BCUT2D eigenvalue weighted by Gasteiger charge is -2.12. The molecule has 0 amide bonds. The Morgan fingerprint density at radius 3 is 2.70 bits per heavy atom. The fraction of sp³-hybridized carbons (Fsp3) is 0.182. The number of aliphatic hydroxyl groups excluding tert-OH is 1. The Morgan fingerprint density at radius 1 is 1.10 bits per heavy atom. The van der Waals surface area contributed by atoms with Gasteiger partial charge in [-0.3, -0.25) is 0 Å². The van der Waals surface area contributed by atoms with Crippen molar-refractivity contribution in [1.29, 1.82) is 0 Å². The van der Waals surface area contributed by atoms with Crippen LogP contribution < -0.4 is 10.1 Å². The predicted octanol–water partition coefficient (Wildman–Crippen LogP) is 5.29. The van der Waals surface area contributed by atoms with Crippen molar-refractivity contribution in [3.8, 4) is 26.9 Å². The van der Waals surface area contributed by atoms with Gasteiger partial charge in [-0.25, -0.2) is 9.97 Å². The number of hydrogen-bond donors (Lipinski definition) is 2. The molecular formula is C22H20ClN3O2S2. The first-order chi connectivity index (χ1) is 14.7. The molecule has 0 saturated heterocycles. The maximum atomic E-state index is 10.1. The monoisotopic (exact) mass is 457 g/mol. The second-order valence-corrected chi connectivity index (χ2v) is 8.72. The van der Waals surface area contributed by atoms with Crippen molar-refractivity contribution in [2.45, 2.75) is 6.10 Å². The molecule has 5 nitrogen and oxygen atoms in total. The second kappa shape index (κ2) is 10.1. The minimum Gasteiger partial charge on any atom is -0.492 e. The lowest BCUT2D eigenvalue weighted by Crippen LogP contribution is -2.26.